The molecular formula is C5H10N4O2. The second-order valence-electron chi connectivity index (χ2n) is 2.39. The fraction of sp³-hybridized carbons (Fsp3) is 0.600. The average molecular weight is 158 g/mol. The number of β-lactam (4-membered cyclic amide) rings is 1. The number of amides is 3. The number of rotatable bonds is 2. The van der Waals surface area contributed by atoms with Crippen molar-refractivity contribution >= 4 is 11.9 Å². The van der Waals surface area contributed by atoms with Crippen molar-refractivity contribution in [3.63, 3.8) is 0 Å². The van der Waals surface area contributed by atoms with Crippen LogP contribution in [0.15, 0.2) is 0 Å². The van der Waals surface area contributed by atoms with E-state index in [2.05, 4.69) is 10.6 Å². The van der Waals surface area contributed by atoms with Gasteiger partial charge in [0.15, 0.2) is 0 Å². The van der Waals surface area contributed by atoms with Crippen molar-refractivity contribution in [3.05, 3.63) is 0 Å². The van der Waals surface area contributed by atoms with E-state index in [-0.39, 0.29) is 11.9 Å². The van der Waals surface area contributed by atoms with Crippen molar-refractivity contribution in [2.45, 2.75) is 12.1 Å². The van der Waals surface area contributed by atoms with E-state index >= 15 is 0 Å². The minimum atomic E-state index is -0.613. The van der Waals surface area contributed by atoms with Crippen molar-refractivity contribution in [1.29, 1.82) is 0 Å². The summed E-state index contributed by atoms with van der Waals surface area (Å²) in [6.45, 7) is 0.294. The molecule has 0 aromatic carbocycles. The van der Waals surface area contributed by atoms with Crippen LogP contribution in [0, 0.1) is 0 Å². The van der Waals surface area contributed by atoms with Gasteiger partial charge >= 0.3 is 6.03 Å². The van der Waals surface area contributed by atoms with Crippen LogP contribution in [0.2, 0.25) is 0 Å². The van der Waals surface area contributed by atoms with Crippen LogP contribution in [0.5, 0.6) is 0 Å². The molecule has 1 aliphatic rings. The lowest BCUT2D eigenvalue weighted by Crippen LogP contribution is -2.69. The molecule has 1 aliphatic heterocycles. The van der Waals surface area contributed by atoms with Gasteiger partial charge in [-0.3, -0.25) is 4.79 Å². The Kier molecular flexibility index (Phi) is 1.95. The third-order valence-corrected chi connectivity index (χ3v) is 1.56. The van der Waals surface area contributed by atoms with Crippen molar-refractivity contribution in [1.82, 2.24) is 10.6 Å². The minimum absolute atomic E-state index is 0.171. The Hall–Kier alpha value is -1.30. The van der Waals surface area contributed by atoms with Crippen molar-refractivity contribution in [2.75, 3.05) is 6.54 Å². The predicted molar refractivity (Wildman–Crippen MR) is 37.5 cm³/mol. The van der Waals surface area contributed by atoms with E-state index in [9.17, 15) is 9.59 Å². The maximum absolute atomic E-state index is 10.5. The third-order valence-electron chi connectivity index (χ3n) is 1.56. The third kappa shape index (κ3) is 1.58. The van der Waals surface area contributed by atoms with Gasteiger partial charge in [0, 0.05) is 6.54 Å². The van der Waals surface area contributed by atoms with Crippen LogP contribution in [-0.2, 0) is 4.79 Å². The molecule has 0 saturated carbocycles. The first-order valence-electron chi connectivity index (χ1n) is 3.20. The maximum Gasteiger partial charge on any atom is 0.312 e. The number of urea groups is 1. The highest BCUT2D eigenvalue weighted by Gasteiger charge is 2.35. The number of carbonyl (C=O) groups excluding carboxylic acids is 2. The van der Waals surface area contributed by atoms with Gasteiger partial charge in [0.2, 0.25) is 5.91 Å². The molecule has 0 spiro atoms. The second kappa shape index (κ2) is 2.75. The monoisotopic (exact) mass is 158 g/mol. The van der Waals surface area contributed by atoms with E-state index in [1.54, 1.807) is 0 Å². The Morgan fingerprint density at radius 3 is 2.73 bits per heavy atom. The van der Waals surface area contributed by atoms with Crippen LogP contribution in [0.4, 0.5) is 4.79 Å². The van der Waals surface area contributed by atoms with Gasteiger partial charge in [-0.25, -0.2) is 4.79 Å². The van der Waals surface area contributed by atoms with E-state index in [0.717, 1.165) is 0 Å². The van der Waals surface area contributed by atoms with E-state index < -0.39 is 12.1 Å². The van der Waals surface area contributed by atoms with Gasteiger partial charge in [0.25, 0.3) is 0 Å². The molecule has 1 heterocycles. The number of hydrogen-bond donors (Lipinski definition) is 4. The molecule has 1 rings (SSSR count). The zero-order valence-electron chi connectivity index (χ0n) is 5.83. The molecule has 0 aliphatic carbocycles. The molecule has 2 atom stereocenters. The standard InChI is InChI=1S/C5H10N4O2/c6-3-2(9-4(3)10)1-8-5(7)11/h2-3H,1,6H2,(H,9,10)(H3,7,8,11). The molecule has 0 aromatic rings. The summed E-state index contributed by atoms with van der Waals surface area (Å²) in [7, 11) is 0. The summed E-state index contributed by atoms with van der Waals surface area (Å²) in [4.78, 5) is 20.7. The summed E-state index contributed by atoms with van der Waals surface area (Å²) < 4.78 is 0. The molecule has 1 fully saturated rings. The number of carbonyl (C=O) groups is 2. The van der Waals surface area contributed by atoms with Crippen molar-refractivity contribution in [3.8, 4) is 0 Å². The Labute approximate surface area is 63.3 Å². The average Bonchev–Trinajstić information content (AvgIpc) is 1.96. The largest absolute Gasteiger partial charge is 0.352 e. The first-order valence-corrected chi connectivity index (χ1v) is 3.20. The van der Waals surface area contributed by atoms with E-state index in [1.807, 2.05) is 0 Å². The highest BCUT2D eigenvalue weighted by Crippen LogP contribution is 2.00. The summed E-state index contributed by atoms with van der Waals surface area (Å²) in [5, 5.41) is 4.86. The molecule has 11 heavy (non-hydrogen) atoms. The molecule has 0 aromatic heterocycles. The van der Waals surface area contributed by atoms with E-state index in [4.69, 9.17) is 11.5 Å². The molecule has 3 amide bonds. The molecule has 0 bridgehead atoms. The highest BCUT2D eigenvalue weighted by atomic mass is 16.2. The van der Waals surface area contributed by atoms with Crippen molar-refractivity contribution in [2.24, 2.45) is 11.5 Å². The SMILES string of the molecule is NC(=O)NCC1NC(=O)C1N. The van der Waals surface area contributed by atoms with Gasteiger partial charge in [-0.2, -0.15) is 0 Å². The second-order valence-corrected chi connectivity index (χ2v) is 2.39. The van der Waals surface area contributed by atoms with E-state index in [1.165, 1.54) is 0 Å². The lowest BCUT2D eigenvalue weighted by atomic mass is 10.0. The normalized spacial score (nSPS) is 28.6. The highest BCUT2D eigenvalue weighted by molar-refractivity contribution is 5.89. The van der Waals surface area contributed by atoms with Crippen LogP contribution < -0.4 is 22.1 Å². The molecule has 6 heteroatoms. The Balaban J connectivity index is 2.20. The molecule has 6 nitrogen and oxygen atoms in total. The fourth-order valence-corrected chi connectivity index (χ4v) is 0.844. The molecule has 2 unspecified atom stereocenters. The molecule has 62 valence electrons. The van der Waals surface area contributed by atoms with Gasteiger partial charge < -0.3 is 22.1 Å². The lowest BCUT2D eigenvalue weighted by Gasteiger charge is -2.33. The van der Waals surface area contributed by atoms with Crippen LogP contribution in [0.25, 0.3) is 0 Å². The number of nitrogens with two attached hydrogens (primary N) is 2. The van der Waals surface area contributed by atoms with Gasteiger partial charge in [-0.05, 0) is 0 Å². The van der Waals surface area contributed by atoms with Crippen molar-refractivity contribution < 1.29 is 9.59 Å². The quantitative estimate of drug-likeness (QED) is 0.333. The molecular weight excluding hydrogens is 148 g/mol. The summed E-state index contributed by atoms with van der Waals surface area (Å²) in [6, 6.07) is -1.30. The van der Waals surface area contributed by atoms with Gasteiger partial charge in [-0.15, -0.1) is 0 Å². The number of hydrogen-bond acceptors (Lipinski definition) is 3. The fourth-order valence-electron chi connectivity index (χ4n) is 0.844. The van der Waals surface area contributed by atoms with E-state index in [0.29, 0.717) is 6.54 Å². The lowest BCUT2D eigenvalue weighted by molar-refractivity contribution is -0.130. The molecule has 1 saturated heterocycles. The van der Waals surface area contributed by atoms with Crippen LogP contribution >= 0.6 is 0 Å². The van der Waals surface area contributed by atoms with Crippen LogP contribution in [-0.4, -0.2) is 30.6 Å². The minimum Gasteiger partial charge on any atom is -0.352 e. The number of primary amides is 1. The summed E-state index contributed by atoms with van der Waals surface area (Å²) in [5.41, 5.74) is 10.1. The zero-order chi connectivity index (χ0) is 8.43. The first-order chi connectivity index (χ1) is 5.11. The first kappa shape index (κ1) is 7.80. The Morgan fingerprint density at radius 1 is 1.73 bits per heavy atom. The summed E-state index contributed by atoms with van der Waals surface area (Å²) in [6.07, 6.45) is 0. The van der Waals surface area contributed by atoms with Gasteiger partial charge in [0.05, 0.1) is 6.04 Å². The van der Waals surface area contributed by atoms with Gasteiger partial charge in [-0.1, -0.05) is 0 Å². The Bertz CT molecular complexity index is 193. The summed E-state index contributed by atoms with van der Waals surface area (Å²) >= 11 is 0. The van der Waals surface area contributed by atoms with Crippen LogP contribution in [0.1, 0.15) is 0 Å². The smallest absolute Gasteiger partial charge is 0.312 e. The summed E-state index contributed by atoms with van der Waals surface area (Å²) in [5.74, 6) is -0.193. The number of nitrogens with one attached hydrogen (secondary N) is 2. The van der Waals surface area contributed by atoms with Gasteiger partial charge in [0.1, 0.15) is 6.04 Å². The maximum atomic E-state index is 10.5. The molecule has 6 N–H and O–H groups in total. The Morgan fingerprint density at radius 2 is 2.36 bits per heavy atom. The zero-order valence-corrected chi connectivity index (χ0v) is 5.83. The predicted octanol–water partition coefficient (Wildman–Crippen LogP) is -2.52. The topological polar surface area (TPSA) is 110 Å². The van der Waals surface area contributed by atoms with Crippen LogP contribution in [0.3, 0.4) is 0 Å². The molecule has 0 radical (unpaired) electrons.